The molecule has 6 nitrogen and oxygen atoms in total. The highest BCUT2D eigenvalue weighted by Gasteiger charge is 2.51. The van der Waals surface area contributed by atoms with Crippen LogP contribution in [0, 0.1) is 6.92 Å². The topological polar surface area (TPSA) is 80.4 Å². The lowest BCUT2D eigenvalue weighted by Crippen LogP contribution is -2.28. The number of carbonyl (C=O) groups excluding carboxylic acids is 2. The summed E-state index contributed by atoms with van der Waals surface area (Å²) in [5.41, 5.74) is 2.99. The summed E-state index contributed by atoms with van der Waals surface area (Å²) < 4.78 is 10.5. The van der Waals surface area contributed by atoms with Gasteiger partial charge in [0.1, 0.15) is 11.4 Å². The van der Waals surface area contributed by atoms with Gasteiger partial charge in [-0.1, -0.05) is 29.8 Å². The van der Waals surface area contributed by atoms with E-state index in [4.69, 9.17) is 9.47 Å². The third kappa shape index (κ3) is 3.35. The molecule has 4 rings (SSSR count). The highest BCUT2D eigenvalue weighted by molar-refractivity contribution is 6.13. The van der Waals surface area contributed by atoms with Crippen LogP contribution in [0.1, 0.15) is 41.4 Å². The number of amides is 1. The number of aromatic amines is 1. The predicted molar refractivity (Wildman–Crippen MR) is 112 cm³/mol. The van der Waals surface area contributed by atoms with E-state index in [1.165, 1.54) is 0 Å². The number of anilines is 1. The van der Waals surface area contributed by atoms with Crippen LogP contribution in [0.15, 0.2) is 42.5 Å². The van der Waals surface area contributed by atoms with Crippen molar-refractivity contribution in [3.63, 3.8) is 0 Å². The first kappa shape index (κ1) is 19.1. The Labute approximate surface area is 169 Å². The molecule has 1 aromatic heterocycles. The van der Waals surface area contributed by atoms with Gasteiger partial charge >= 0.3 is 5.97 Å². The molecule has 1 saturated carbocycles. The summed E-state index contributed by atoms with van der Waals surface area (Å²) in [6, 6.07) is 13.5. The van der Waals surface area contributed by atoms with Crippen molar-refractivity contribution in [3.8, 4) is 5.75 Å². The lowest BCUT2D eigenvalue weighted by molar-refractivity contribution is -0.118. The van der Waals surface area contributed by atoms with Gasteiger partial charge in [-0.2, -0.15) is 0 Å². The number of methoxy groups -OCH3 is 1. The van der Waals surface area contributed by atoms with Crippen molar-refractivity contribution in [1.29, 1.82) is 0 Å². The van der Waals surface area contributed by atoms with Crippen LogP contribution in [0.4, 0.5) is 5.69 Å². The van der Waals surface area contributed by atoms with Crippen LogP contribution in [0.3, 0.4) is 0 Å². The van der Waals surface area contributed by atoms with Gasteiger partial charge in [0.2, 0.25) is 5.91 Å². The van der Waals surface area contributed by atoms with Crippen molar-refractivity contribution < 1.29 is 19.1 Å². The monoisotopic (exact) mass is 392 g/mol. The van der Waals surface area contributed by atoms with Gasteiger partial charge in [-0.3, -0.25) is 4.79 Å². The van der Waals surface area contributed by atoms with E-state index < -0.39 is 11.4 Å². The number of fused-ring (bicyclic) bond motifs is 1. The molecule has 3 aromatic rings. The molecule has 29 heavy (non-hydrogen) atoms. The maximum absolute atomic E-state index is 13.3. The minimum atomic E-state index is -0.553. The molecule has 0 radical (unpaired) electrons. The summed E-state index contributed by atoms with van der Waals surface area (Å²) >= 11 is 0. The molecule has 0 atom stereocenters. The fraction of sp³-hybridized carbons (Fsp3) is 0.304. The lowest BCUT2D eigenvalue weighted by atomic mass is 9.94. The van der Waals surface area contributed by atoms with E-state index in [-0.39, 0.29) is 18.2 Å². The Morgan fingerprint density at radius 3 is 2.48 bits per heavy atom. The average molecular weight is 392 g/mol. The van der Waals surface area contributed by atoms with Crippen molar-refractivity contribution in [2.75, 3.05) is 19.0 Å². The third-order valence-electron chi connectivity index (χ3n) is 5.51. The number of aryl methyl sites for hydroxylation is 1. The van der Waals surface area contributed by atoms with E-state index in [2.05, 4.69) is 10.3 Å². The molecule has 1 aliphatic rings. The second kappa shape index (κ2) is 7.28. The number of H-pyrrole nitrogens is 1. The molecule has 2 aromatic carbocycles. The molecule has 1 fully saturated rings. The molecule has 0 spiro atoms. The van der Waals surface area contributed by atoms with Gasteiger partial charge < -0.3 is 19.8 Å². The number of ether oxygens (including phenoxy) is 2. The number of esters is 1. The Morgan fingerprint density at radius 2 is 1.86 bits per heavy atom. The molecule has 1 aliphatic carbocycles. The van der Waals surface area contributed by atoms with Crippen molar-refractivity contribution in [1.82, 2.24) is 4.98 Å². The summed E-state index contributed by atoms with van der Waals surface area (Å²) in [5.74, 6) is 0.0239. The summed E-state index contributed by atoms with van der Waals surface area (Å²) in [6.45, 7) is 4.02. The van der Waals surface area contributed by atoms with Crippen LogP contribution in [0.2, 0.25) is 0 Å². The summed E-state index contributed by atoms with van der Waals surface area (Å²) in [4.78, 5) is 28.9. The zero-order valence-corrected chi connectivity index (χ0v) is 16.8. The molecule has 0 bridgehead atoms. The van der Waals surface area contributed by atoms with Gasteiger partial charge in [-0.15, -0.1) is 0 Å². The van der Waals surface area contributed by atoms with Gasteiger partial charge in [0.25, 0.3) is 0 Å². The Bertz CT molecular complexity index is 1080. The largest absolute Gasteiger partial charge is 0.497 e. The quantitative estimate of drug-likeness (QED) is 0.612. The molecular weight excluding hydrogens is 368 g/mol. The molecule has 6 heteroatoms. The third-order valence-corrected chi connectivity index (χ3v) is 5.51. The Morgan fingerprint density at radius 1 is 1.14 bits per heavy atom. The lowest BCUT2D eigenvalue weighted by Gasteiger charge is -2.16. The molecule has 150 valence electrons. The van der Waals surface area contributed by atoms with E-state index in [0.717, 1.165) is 29.5 Å². The first-order chi connectivity index (χ1) is 14.0. The molecule has 1 amide bonds. The van der Waals surface area contributed by atoms with Crippen molar-refractivity contribution >= 4 is 28.5 Å². The zero-order chi connectivity index (χ0) is 20.6. The van der Waals surface area contributed by atoms with Crippen molar-refractivity contribution in [2.45, 2.75) is 32.1 Å². The highest BCUT2D eigenvalue weighted by Crippen LogP contribution is 2.49. The smallest absolute Gasteiger partial charge is 0.356 e. The van der Waals surface area contributed by atoms with E-state index in [0.29, 0.717) is 16.8 Å². The van der Waals surface area contributed by atoms with Gasteiger partial charge in [0, 0.05) is 10.9 Å². The van der Waals surface area contributed by atoms with Gasteiger partial charge in [-0.25, -0.2) is 4.79 Å². The molecule has 0 aliphatic heterocycles. The maximum atomic E-state index is 13.3. The Balaban J connectivity index is 1.74. The molecule has 2 N–H and O–H groups in total. The Kier molecular flexibility index (Phi) is 4.78. The van der Waals surface area contributed by atoms with E-state index in [1.807, 2.05) is 37.3 Å². The molecule has 0 saturated heterocycles. The van der Waals surface area contributed by atoms with Gasteiger partial charge in [0.05, 0.1) is 24.8 Å². The average Bonchev–Trinajstić information content (AvgIpc) is 3.46. The molecular formula is C23H24N2O4. The fourth-order valence-electron chi connectivity index (χ4n) is 3.66. The van der Waals surface area contributed by atoms with Crippen LogP contribution in [-0.4, -0.2) is 30.6 Å². The summed E-state index contributed by atoms with van der Waals surface area (Å²) in [6.07, 6.45) is 1.56. The highest BCUT2D eigenvalue weighted by atomic mass is 16.5. The second-order valence-corrected chi connectivity index (χ2v) is 7.41. The minimum Gasteiger partial charge on any atom is -0.497 e. The first-order valence-corrected chi connectivity index (χ1v) is 9.74. The number of hydrogen-bond acceptors (Lipinski definition) is 4. The van der Waals surface area contributed by atoms with Gasteiger partial charge in [0.15, 0.2) is 0 Å². The van der Waals surface area contributed by atoms with Gasteiger partial charge in [-0.05, 0) is 50.5 Å². The number of hydrogen-bond donors (Lipinski definition) is 2. The number of rotatable bonds is 6. The van der Waals surface area contributed by atoms with Crippen LogP contribution in [0.25, 0.3) is 10.9 Å². The number of benzene rings is 2. The van der Waals surface area contributed by atoms with Crippen LogP contribution < -0.4 is 10.1 Å². The van der Waals surface area contributed by atoms with E-state index in [1.54, 1.807) is 26.2 Å². The minimum absolute atomic E-state index is 0.115. The van der Waals surface area contributed by atoms with Crippen molar-refractivity contribution in [2.24, 2.45) is 0 Å². The first-order valence-electron chi connectivity index (χ1n) is 9.74. The number of aromatic nitrogens is 1. The fourth-order valence-corrected chi connectivity index (χ4v) is 3.66. The predicted octanol–water partition coefficient (Wildman–Crippen LogP) is 4.33. The van der Waals surface area contributed by atoms with E-state index in [9.17, 15) is 9.59 Å². The number of carbonyl (C=O) groups is 2. The normalized spacial score (nSPS) is 14.4. The van der Waals surface area contributed by atoms with Crippen LogP contribution in [-0.2, 0) is 14.9 Å². The van der Waals surface area contributed by atoms with Crippen LogP contribution >= 0.6 is 0 Å². The number of nitrogens with one attached hydrogen (secondary N) is 2. The summed E-state index contributed by atoms with van der Waals surface area (Å²) in [5, 5.41) is 3.72. The maximum Gasteiger partial charge on any atom is 0.356 e. The SMILES string of the molecule is CCOC(=O)c1[nH]c2ccc(OC)cc2c1NC(=O)C1(c2ccc(C)cc2)CC1. The van der Waals surface area contributed by atoms with Crippen molar-refractivity contribution in [3.05, 3.63) is 59.3 Å². The van der Waals surface area contributed by atoms with Crippen LogP contribution in [0.5, 0.6) is 5.75 Å². The van der Waals surface area contributed by atoms with E-state index >= 15 is 0 Å². The summed E-state index contributed by atoms with van der Waals surface area (Å²) in [7, 11) is 1.58. The second-order valence-electron chi connectivity index (χ2n) is 7.41. The Hall–Kier alpha value is -3.28. The molecule has 0 unspecified atom stereocenters. The molecule has 1 heterocycles. The standard InChI is InChI=1S/C23H24N2O4/c1-4-29-21(26)20-19(17-13-16(28-3)9-10-18(17)24-20)25-22(27)23(11-12-23)15-7-5-14(2)6-8-15/h5-10,13,24H,4,11-12H2,1-3H3,(H,25,27). The zero-order valence-electron chi connectivity index (χ0n) is 16.8.